The van der Waals surface area contributed by atoms with Crippen molar-refractivity contribution in [2.24, 2.45) is 5.92 Å². The Bertz CT molecular complexity index is 543. The number of benzene rings is 1. The van der Waals surface area contributed by atoms with Gasteiger partial charge in [0.05, 0.1) is 0 Å². The quantitative estimate of drug-likeness (QED) is 0.884. The number of aryl methyl sites for hydroxylation is 1. The number of aromatic nitrogens is 1. The fourth-order valence-electron chi connectivity index (χ4n) is 1.70. The molecule has 0 saturated heterocycles. The van der Waals surface area contributed by atoms with Crippen LogP contribution in [0.15, 0.2) is 22.6 Å². The molecule has 0 fully saturated rings. The lowest BCUT2D eigenvalue weighted by atomic mass is 10.1. The van der Waals surface area contributed by atoms with E-state index in [1.807, 2.05) is 32.0 Å². The second kappa shape index (κ2) is 4.57. The van der Waals surface area contributed by atoms with Gasteiger partial charge in [-0.3, -0.25) is 4.79 Å². The summed E-state index contributed by atoms with van der Waals surface area (Å²) in [5.74, 6) is 1.01. The third-order valence-corrected chi connectivity index (χ3v) is 2.37. The number of rotatable bonds is 3. The van der Waals surface area contributed by atoms with E-state index >= 15 is 0 Å². The van der Waals surface area contributed by atoms with Gasteiger partial charge in [0.15, 0.2) is 11.5 Å². The van der Waals surface area contributed by atoms with Crippen molar-refractivity contribution < 1.29 is 9.21 Å². The molecule has 0 atom stereocenters. The molecule has 17 heavy (non-hydrogen) atoms. The average molecular weight is 232 g/mol. The Morgan fingerprint density at radius 3 is 2.94 bits per heavy atom. The zero-order valence-corrected chi connectivity index (χ0v) is 10.3. The number of amides is 1. The summed E-state index contributed by atoms with van der Waals surface area (Å²) in [5.41, 5.74) is 2.27. The number of anilines is 1. The smallest absolute Gasteiger partial charge is 0.224 e. The highest BCUT2D eigenvalue weighted by Gasteiger charge is 2.07. The second-order valence-corrected chi connectivity index (χ2v) is 4.56. The highest BCUT2D eigenvalue weighted by atomic mass is 16.3. The van der Waals surface area contributed by atoms with Crippen LogP contribution >= 0.6 is 0 Å². The molecule has 4 heteroatoms. The summed E-state index contributed by atoms with van der Waals surface area (Å²) < 4.78 is 5.37. The highest BCUT2D eigenvalue weighted by Crippen LogP contribution is 2.20. The van der Waals surface area contributed by atoms with E-state index in [1.165, 1.54) is 0 Å². The largest absolute Gasteiger partial charge is 0.441 e. The number of fused-ring (bicyclic) bond motifs is 1. The number of hydrogen-bond acceptors (Lipinski definition) is 3. The van der Waals surface area contributed by atoms with Crippen LogP contribution in [-0.2, 0) is 4.79 Å². The summed E-state index contributed by atoms with van der Waals surface area (Å²) in [7, 11) is 0. The monoisotopic (exact) mass is 232 g/mol. The first kappa shape index (κ1) is 11.6. The Labute approximate surface area is 100 Å². The molecule has 90 valence electrons. The van der Waals surface area contributed by atoms with Gasteiger partial charge in [0, 0.05) is 19.0 Å². The van der Waals surface area contributed by atoms with Crippen LogP contribution < -0.4 is 5.32 Å². The lowest BCUT2D eigenvalue weighted by Crippen LogP contribution is -2.13. The SMILES string of the molecule is Cc1nc2cc(NC(=O)CC(C)C)ccc2o1. The van der Waals surface area contributed by atoms with Crippen molar-refractivity contribution in [2.45, 2.75) is 27.2 Å². The molecule has 0 bridgehead atoms. The molecule has 1 aromatic heterocycles. The van der Waals surface area contributed by atoms with Crippen molar-refractivity contribution >= 4 is 22.7 Å². The fraction of sp³-hybridized carbons (Fsp3) is 0.385. The summed E-state index contributed by atoms with van der Waals surface area (Å²) in [4.78, 5) is 15.8. The molecule has 1 amide bonds. The van der Waals surface area contributed by atoms with E-state index < -0.39 is 0 Å². The van der Waals surface area contributed by atoms with E-state index in [2.05, 4.69) is 10.3 Å². The number of nitrogens with one attached hydrogen (secondary N) is 1. The van der Waals surface area contributed by atoms with Crippen LogP contribution in [-0.4, -0.2) is 10.9 Å². The Kier molecular flexibility index (Phi) is 3.13. The summed E-state index contributed by atoms with van der Waals surface area (Å²) in [6.07, 6.45) is 0.524. The van der Waals surface area contributed by atoms with Crippen molar-refractivity contribution in [3.63, 3.8) is 0 Å². The predicted molar refractivity (Wildman–Crippen MR) is 66.8 cm³/mol. The second-order valence-electron chi connectivity index (χ2n) is 4.56. The van der Waals surface area contributed by atoms with Crippen molar-refractivity contribution in [1.82, 2.24) is 4.98 Å². The highest BCUT2D eigenvalue weighted by molar-refractivity contribution is 5.92. The first-order valence-corrected chi connectivity index (χ1v) is 5.71. The molecule has 2 aromatic rings. The van der Waals surface area contributed by atoms with Crippen LogP contribution in [0.5, 0.6) is 0 Å². The first-order valence-electron chi connectivity index (χ1n) is 5.71. The molecule has 0 spiro atoms. The minimum Gasteiger partial charge on any atom is -0.441 e. The Morgan fingerprint density at radius 2 is 2.24 bits per heavy atom. The molecule has 0 radical (unpaired) electrons. The Hall–Kier alpha value is -1.84. The maximum absolute atomic E-state index is 11.6. The normalized spacial score (nSPS) is 11.1. The van der Waals surface area contributed by atoms with E-state index in [9.17, 15) is 4.79 Å². The standard InChI is InChI=1S/C13H16N2O2/c1-8(2)6-13(16)15-10-4-5-12-11(7-10)14-9(3)17-12/h4-5,7-8H,6H2,1-3H3,(H,15,16). The number of carbonyl (C=O) groups is 1. The van der Waals surface area contributed by atoms with Gasteiger partial charge in [-0.1, -0.05) is 13.8 Å². The van der Waals surface area contributed by atoms with E-state index in [-0.39, 0.29) is 5.91 Å². The Morgan fingerprint density at radius 1 is 1.47 bits per heavy atom. The van der Waals surface area contributed by atoms with Gasteiger partial charge in [0.25, 0.3) is 0 Å². The number of hydrogen-bond donors (Lipinski definition) is 1. The summed E-state index contributed by atoms with van der Waals surface area (Å²) in [6.45, 7) is 5.84. The molecule has 0 saturated carbocycles. The fourth-order valence-corrected chi connectivity index (χ4v) is 1.70. The van der Waals surface area contributed by atoms with Crippen LogP contribution in [0.2, 0.25) is 0 Å². The minimum atomic E-state index is 0.0274. The van der Waals surface area contributed by atoms with Gasteiger partial charge in [-0.05, 0) is 24.1 Å². The molecule has 1 heterocycles. The van der Waals surface area contributed by atoms with Crippen LogP contribution in [0.1, 0.15) is 26.2 Å². The molecule has 0 unspecified atom stereocenters. The lowest BCUT2D eigenvalue weighted by Gasteiger charge is -2.06. The van der Waals surface area contributed by atoms with Gasteiger partial charge in [-0.15, -0.1) is 0 Å². The molecule has 0 aliphatic heterocycles. The van der Waals surface area contributed by atoms with Gasteiger partial charge < -0.3 is 9.73 Å². The first-order chi connectivity index (χ1) is 8.04. The maximum atomic E-state index is 11.6. The number of oxazole rings is 1. The molecule has 0 aliphatic carbocycles. The van der Waals surface area contributed by atoms with Crippen LogP contribution in [0, 0.1) is 12.8 Å². The molecule has 1 aromatic carbocycles. The molecule has 4 nitrogen and oxygen atoms in total. The Balaban J connectivity index is 2.16. The van der Waals surface area contributed by atoms with Gasteiger partial charge in [0.1, 0.15) is 5.52 Å². The third kappa shape index (κ3) is 2.84. The topological polar surface area (TPSA) is 55.1 Å². The van der Waals surface area contributed by atoms with Crippen molar-refractivity contribution in [3.05, 3.63) is 24.1 Å². The maximum Gasteiger partial charge on any atom is 0.224 e. The average Bonchev–Trinajstić information content (AvgIpc) is 2.55. The molecule has 0 aliphatic rings. The number of carbonyl (C=O) groups excluding carboxylic acids is 1. The van der Waals surface area contributed by atoms with Gasteiger partial charge in [-0.2, -0.15) is 0 Å². The van der Waals surface area contributed by atoms with E-state index in [0.29, 0.717) is 18.2 Å². The van der Waals surface area contributed by atoms with Crippen LogP contribution in [0.4, 0.5) is 5.69 Å². The third-order valence-electron chi connectivity index (χ3n) is 2.37. The molecule has 2 rings (SSSR count). The van der Waals surface area contributed by atoms with E-state index in [0.717, 1.165) is 16.8 Å². The minimum absolute atomic E-state index is 0.0274. The van der Waals surface area contributed by atoms with Gasteiger partial charge >= 0.3 is 0 Å². The summed E-state index contributed by atoms with van der Waals surface area (Å²) >= 11 is 0. The van der Waals surface area contributed by atoms with Crippen molar-refractivity contribution in [2.75, 3.05) is 5.32 Å². The number of nitrogens with zero attached hydrogens (tertiary/aromatic N) is 1. The van der Waals surface area contributed by atoms with Crippen LogP contribution in [0.3, 0.4) is 0 Å². The summed E-state index contributed by atoms with van der Waals surface area (Å²) in [5, 5.41) is 2.85. The van der Waals surface area contributed by atoms with E-state index in [1.54, 1.807) is 6.92 Å². The zero-order chi connectivity index (χ0) is 12.4. The van der Waals surface area contributed by atoms with E-state index in [4.69, 9.17) is 4.42 Å². The molecule has 1 N–H and O–H groups in total. The lowest BCUT2D eigenvalue weighted by molar-refractivity contribution is -0.116. The van der Waals surface area contributed by atoms with Crippen molar-refractivity contribution in [1.29, 1.82) is 0 Å². The van der Waals surface area contributed by atoms with Gasteiger partial charge in [-0.25, -0.2) is 4.98 Å². The zero-order valence-electron chi connectivity index (χ0n) is 10.3. The predicted octanol–water partition coefficient (Wildman–Crippen LogP) is 3.12. The molecular weight excluding hydrogens is 216 g/mol. The van der Waals surface area contributed by atoms with Crippen LogP contribution in [0.25, 0.3) is 11.1 Å². The summed E-state index contributed by atoms with van der Waals surface area (Å²) in [6, 6.07) is 5.47. The van der Waals surface area contributed by atoms with Gasteiger partial charge in [0.2, 0.25) is 5.91 Å². The molecular formula is C13H16N2O2. The van der Waals surface area contributed by atoms with Crippen molar-refractivity contribution in [3.8, 4) is 0 Å².